The van der Waals surface area contributed by atoms with Crippen LogP contribution in [-0.4, -0.2) is 83.3 Å². The molecule has 13 nitrogen and oxygen atoms in total. The number of hydroxylamine groups is 4. The largest absolute Gasteiger partial charge is 0.384 e. The maximum atomic E-state index is 12.6. The Kier molecular flexibility index (Phi) is 7.97. The fourth-order valence-corrected chi connectivity index (χ4v) is 4.19. The smallest absolute Gasteiger partial charge is 0.333 e. The van der Waals surface area contributed by atoms with Crippen molar-refractivity contribution in [3.8, 4) is 0 Å². The van der Waals surface area contributed by atoms with Gasteiger partial charge in [0.2, 0.25) is 5.91 Å². The number of methoxy groups -OCH3 is 1. The Morgan fingerprint density at radius 2 is 1.18 bits per heavy atom. The monoisotopic (exact) mass is 481 g/mol. The van der Waals surface area contributed by atoms with Gasteiger partial charge in [0.15, 0.2) is 0 Å². The molecule has 0 aromatic rings. The van der Waals surface area contributed by atoms with Crippen molar-refractivity contribution in [3.63, 3.8) is 0 Å². The van der Waals surface area contributed by atoms with E-state index in [0.29, 0.717) is 10.1 Å². The SMILES string of the molecule is COCCC(=O)N1CCC(CC(=O)ON2C(=O)CCC2=O)(CC(=O)ON2C(=O)CCC2=O)CC1. The number of hydrogen-bond donors (Lipinski definition) is 0. The molecule has 0 radical (unpaired) electrons. The average Bonchev–Trinajstić information content (AvgIpc) is 3.28. The van der Waals surface area contributed by atoms with E-state index >= 15 is 0 Å². The highest BCUT2D eigenvalue weighted by atomic mass is 16.7. The zero-order chi connectivity index (χ0) is 24.9. The van der Waals surface area contributed by atoms with E-state index in [1.165, 1.54) is 7.11 Å². The molecule has 0 bridgehead atoms. The van der Waals surface area contributed by atoms with Gasteiger partial charge in [-0.25, -0.2) is 9.59 Å². The van der Waals surface area contributed by atoms with Crippen molar-refractivity contribution in [2.24, 2.45) is 5.41 Å². The predicted octanol–water partition coefficient (Wildman–Crippen LogP) is -0.374. The van der Waals surface area contributed by atoms with E-state index < -0.39 is 41.0 Å². The molecule has 0 atom stereocenters. The molecule has 0 saturated carbocycles. The van der Waals surface area contributed by atoms with Crippen molar-refractivity contribution in [2.75, 3.05) is 26.8 Å². The van der Waals surface area contributed by atoms with Gasteiger partial charge in [-0.05, 0) is 18.3 Å². The molecule has 0 aliphatic carbocycles. The fourth-order valence-electron chi connectivity index (χ4n) is 4.19. The van der Waals surface area contributed by atoms with Crippen LogP contribution < -0.4 is 0 Å². The Balaban J connectivity index is 1.67. The van der Waals surface area contributed by atoms with E-state index in [1.807, 2.05) is 0 Å². The zero-order valence-corrected chi connectivity index (χ0v) is 18.9. The Morgan fingerprint density at radius 1 is 0.765 bits per heavy atom. The summed E-state index contributed by atoms with van der Waals surface area (Å²) in [5, 5.41) is 0.860. The number of carbonyl (C=O) groups is 7. The molecule has 0 unspecified atom stereocenters. The summed E-state index contributed by atoms with van der Waals surface area (Å²) in [7, 11) is 1.48. The first-order chi connectivity index (χ1) is 16.1. The summed E-state index contributed by atoms with van der Waals surface area (Å²) in [6, 6.07) is 0. The number of rotatable bonds is 9. The van der Waals surface area contributed by atoms with Crippen molar-refractivity contribution in [2.45, 2.75) is 57.8 Å². The van der Waals surface area contributed by atoms with Crippen LogP contribution in [0.25, 0.3) is 0 Å². The van der Waals surface area contributed by atoms with Crippen LogP contribution >= 0.6 is 0 Å². The Hall–Kier alpha value is -3.35. The predicted molar refractivity (Wildman–Crippen MR) is 108 cm³/mol. The Bertz CT molecular complexity index is 807. The van der Waals surface area contributed by atoms with Crippen molar-refractivity contribution >= 4 is 41.5 Å². The first kappa shape index (κ1) is 25.3. The number of imide groups is 2. The summed E-state index contributed by atoms with van der Waals surface area (Å²) in [5.41, 5.74) is -1.02. The van der Waals surface area contributed by atoms with Crippen LogP contribution in [0, 0.1) is 5.41 Å². The van der Waals surface area contributed by atoms with Gasteiger partial charge in [-0.2, -0.15) is 0 Å². The van der Waals surface area contributed by atoms with E-state index in [1.54, 1.807) is 4.90 Å². The van der Waals surface area contributed by atoms with Gasteiger partial charge in [0.05, 0.1) is 25.9 Å². The molecular weight excluding hydrogens is 454 g/mol. The van der Waals surface area contributed by atoms with Crippen LogP contribution in [0.2, 0.25) is 0 Å². The molecule has 3 heterocycles. The van der Waals surface area contributed by atoms with Crippen molar-refractivity contribution in [1.29, 1.82) is 0 Å². The van der Waals surface area contributed by atoms with Crippen LogP contribution in [0.3, 0.4) is 0 Å². The molecule has 34 heavy (non-hydrogen) atoms. The lowest BCUT2D eigenvalue weighted by molar-refractivity contribution is -0.203. The van der Waals surface area contributed by atoms with E-state index in [0.717, 1.165) is 0 Å². The van der Waals surface area contributed by atoms with Gasteiger partial charge in [-0.1, -0.05) is 0 Å². The third-order valence-electron chi connectivity index (χ3n) is 6.13. The van der Waals surface area contributed by atoms with Gasteiger partial charge in [0.1, 0.15) is 0 Å². The maximum Gasteiger partial charge on any atom is 0.333 e. The number of carbonyl (C=O) groups excluding carboxylic acids is 7. The van der Waals surface area contributed by atoms with E-state index in [-0.39, 0.29) is 83.4 Å². The van der Waals surface area contributed by atoms with Gasteiger partial charge >= 0.3 is 11.9 Å². The Labute approximate surface area is 195 Å². The van der Waals surface area contributed by atoms with Crippen molar-refractivity contribution in [1.82, 2.24) is 15.0 Å². The molecule has 3 saturated heterocycles. The zero-order valence-electron chi connectivity index (χ0n) is 18.9. The maximum absolute atomic E-state index is 12.6. The van der Waals surface area contributed by atoms with Gasteiger partial charge in [-0.15, -0.1) is 10.1 Å². The second-order valence-corrected chi connectivity index (χ2v) is 8.57. The summed E-state index contributed by atoms with van der Waals surface area (Å²) in [4.78, 5) is 96.1. The van der Waals surface area contributed by atoms with Crippen LogP contribution in [0.15, 0.2) is 0 Å². The lowest BCUT2D eigenvalue weighted by Gasteiger charge is -2.41. The van der Waals surface area contributed by atoms with Gasteiger partial charge in [0.25, 0.3) is 23.6 Å². The van der Waals surface area contributed by atoms with E-state index in [2.05, 4.69) is 0 Å². The second kappa shape index (κ2) is 10.7. The number of nitrogens with zero attached hydrogens (tertiary/aromatic N) is 3. The molecule has 3 fully saturated rings. The molecule has 186 valence electrons. The normalized spacial score (nSPS) is 20.2. The molecule has 0 N–H and O–H groups in total. The number of ether oxygens (including phenoxy) is 1. The molecule has 0 aromatic carbocycles. The number of piperidine rings is 1. The summed E-state index contributed by atoms with van der Waals surface area (Å²) in [6.45, 7) is 0.743. The van der Waals surface area contributed by atoms with E-state index in [4.69, 9.17) is 14.4 Å². The third-order valence-corrected chi connectivity index (χ3v) is 6.13. The van der Waals surface area contributed by atoms with Gasteiger partial charge in [-0.3, -0.25) is 24.0 Å². The first-order valence-electron chi connectivity index (χ1n) is 11.0. The highest BCUT2D eigenvalue weighted by Gasteiger charge is 2.43. The van der Waals surface area contributed by atoms with Crippen molar-refractivity contribution < 1.29 is 48.0 Å². The lowest BCUT2D eigenvalue weighted by Crippen LogP contribution is -2.46. The summed E-state index contributed by atoms with van der Waals surface area (Å²) in [6.07, 6.45) is -0.256. The van der Waals surface area contributed by atoms with Crippen LogP contribution in [-0.2, 0) is 48.0 Å². The molecular formula is C21H27N3O10. The first-order valence-corrected chi connectivity index (χ1v) is 11.0. The molecule has 0 aromatic heterocycles. The minimum absolute atomic E-state index is 0.0555. The molecule has 3 rings (SSSR count). The summed E-state index contributed by atoms with van der Waals surface area (Å²) in [5.74, 6) is -4.42. The molecule has 13 heteroatoms. The average molecular weight is 481 g/mol. The Morgan fingerprint density at radius 3 is 1.56 bits per heavy atom. The molecule has 3 aliphatic heterocycles. The van der Waals surface area contributed by atoms with Crippen molar-refractivity contribution in [3.05, 3.63) is 0 Å². The summed E-state index contributed by atoms with van der Waals surface area (Å²) < 4.78 is 4.92. The highest BCUT2D eigenvalue weighted by molar-refractivity contribution is 6.02. The molecule has 3 aliphatic rings. The lowest BCUT2D eigenvalue weighted by atomic mass is 9.73. The number of likely N-dealkylation sites (tertiary alicyclic amines) is 1. The van der Waals surface area contributed by atoms with Crippen LogP contribution in [0.5, 0.6) is 0 Å². The quantitative estimate of drug-likeness (QED) is 0.398. The fraction of sp³-hybridized carbons (Fsp3) is 0.667. The summed E-state index contributed by atoms with van der Waals surface area (Å²) >= 11 is 0. The number of amides is 5. The topological polar surface area (TPSA) is 157 Å². The third kappa shape index (κ3) is 5.95. The van der Waals surface area contributed by atoms with Gasteiger partial charge in [0, 0.05) is 45.9 Å². The minimum Gasteiger partial charge on any atom is -0.384 e. The highest BCUT2D eigenvalue weighted by Crippen LogP contribution is 2.40. The van der Waals surface area contributed by atoms with Gasteiger partial charge < -0.3 is 19.3 Å². The standard InChI is InChI=1S/C21H27N3O10/c1-32-11-6-14(25)22-9-7-21(8-10-22,12-19(30)33-23-15(26)2-3-16(23)27)13-20(31)34-24-17(28)4-5-18(24)29/h2-13H2,1H3. The number of hydrogen-bond acceptors (Lipinski definition) is 10. The minimum atomic E-state index is -1.02. The van der Waals surface area contributed by atoms with Crippen LogP contribution in [0.4, 0.5) is 0 Å². The van der Waals surface area contributed by atoms with E-state index in [9.17, 15) is 33.6 Å². The van der Waals surface area contributed by atoms with Crippen LogP contribution in [0.1, 0.15) is 57.8 Å². The second-order valence-electron chi connectivity index (χ2n) is 8.57. The molecule has 0 spiro atoms. The molecule has 5 amide bonds.